The molecule has 2 aromatic heterocycles. The summed E-state index contributed by atoms with van der Waals surface area (Å²) in [6, 6.07) is 13.2. The van der Waals surface area contributed by atoms with Crippen LogP contribution in [0.3, 0.4) is 0 Å². The topological polar surface area (TPSA) is 38.4 Å². The molecule has 5 heteroatoms. The zero-order valence-corrected chi connectivity index (χ0v) is 15.5. The van der Waals surface area contributed by atoms with Gasteiger partial charge in [-0.15, -0.1) is 0 Å². The number of allylic oxidation sites excluding steroid dienone is 1. The molecule has 0 unspecified atom stereocenters. The van der Waals surface area contributed by atoms with Gasteiger partial charge in [0.25, 0.3) is 0 Å². The van der Waals surface area contributed by atoms with E-state index in [-0.39, 0.29) is 0 Å². The lowest BCUT2D eigenvalue weighted by Crippen LogP contribution is -2.11. The molecule has 3 aromatic rings. The number of rotatable bonds is 3. The molecule has 3 nitrogen and oxygen atoms in total. The van der Waals surface area contributed by atoms with Gasteiger partial charge >= 0.3 is 0 Å². The lowest BCUT2D eigenvalue weighted by Gasteiger charge is -2.15. The largest absolute Gasteiger partial charge is 0.457 e. The molecule has 3 heterocycles. The first kappa shape index (κ1) is 17.1. The van der Waals surface area contributed by atoms with Crippen LogP contribution in [0, 0.1) is 0 Å². The van der Waals surface area contributed by atoms with Crippen molar-refractivity contribution >= 4 is 35.0 Å². The molecule has 1 aliphatic rings. The molecule has 0 fully saturated rings. The van der Waals surface area contributed by atoms with Gasteiger partial charge in [0.1, 0.15) is 11.5 Å². The number of hydrogen-bond acceptors (Lipinski definition) is 3. The van der Waals surface area contributed by atoms with E-state index in [0.29, 0.717) is 15.8 Å². The van der Waals surface area contributed by atoms with Crippen LogP contribution < -0.4 is 0 Å². The zero-order chi connectivity index (χ0) is 17.9. The van der Waals surface area contributed by atoms with E-state index >= 15 is 0 Å². The number of halogens is 2. The van der Waals surface area contributed by atoms with E-state index in [0.717, 1.165) is 47.6 Å². The third-order valence-electron chi connectivity index (χ3n) is 4.25. The predicted molar refractivity (Wildman–Crippen MR) is 107 cm³/mol. The van der Waals surface area contributed by atoms with E-state index in [1.165, 1.54) is 0 Å². The van der Waals surface area contributed by atoms with E-state index < -0.39 is 0 Å². The van der Waals surface area contributed by atoms with Crippen LogP contribution in [0.5, 0.6) is 0 Å². The van der Waals surface area contributed by atoms with Crippen LogP contribution in [0.15, 0.2) is 69.8 Å². The van der Waals surface area contributed by atoms with Gasteiger partial charge < -0.3 is 4.42 Å². The molecule has 0 saturated carbocycles. The maximum absolute atomic E-state index is 6.28. The summed E-state index contributed by atoms with van der Waals surface area (Å²) in [5.41, 5.74) is 4.01. The fraction of sp³-hybridized carbons (Fsp3) is 0.143. The molecule has 0 N–H and O–H groups in total. The molecule has 0 amide bonds. The predicted octanol–water partition coefficient (Wildman–Crippen LogP) is 6.31. The number of furan rings is 1. The van der Waals surface area contributed by atoms with Gasteiger partial charge in [-0.25, -0.2) is 0 Å². The number of benzene rings is 1. The minimum Gasteiger partial charge on any atom is -0.457 e. The quantitative estimate of drug-likeness (QED) is 0.531. The Bertz CT molecular complexity index is 990. The summed E-state index contributed by atoms with van der Waals surface area (Å²) >= 11 is 12.3. The van der Waals surface area contributed by atoms with Crippen LogP contribution >= 0.6 is 23.2 Å². The normalized spacial score (nSPS) is 15.9. The summed E-state index contributed by atoms with van der Waals surface area (Å²) in [7, 11) is 0. The van der Waals surface area contributed by atoms with Crippen LogP contribution in [0.1, 0.15) is 24.2 Å². The third kappa shape index (κ3) is 3.59. The Hall–Kier alpha value is -2.36. The van der Waals surface area contributed by atoms with Crippen LogP contribution in [-0.4, -0.2) is 17.2 Å². The van der Waals surface area contributed by atoms with Crippen molar-refractivity contribution in [3.63, 3.8) is 0 Å². The number of hydrogen-bond donors (Lipinski definition) is 0. The second-order valence-electron chi connectivity index (χ2n) is 6.07. The summed E-state index contributed by atoms with van der Waals surface area (Å²) in [5.74, 6) is 1.49. The van der Waals surface area contributed by atoms with Crippen molar-refractivity contribution in [2.45, 2.75) is 12.8 Å². The second-order valence-corrected chi connectivity index (χ2v) is 6.91. The van der Waals surface area contributed by atoms with Crippen LogP contribution in [0.25, 0.3) is 17.4 Å². The minimum atomic E-state index is 0.571. The first-order chi connectivity index (χ1) is 12.7. The Morgan fingerprint density at radius 3 is 2.81 bits per heavy atom. The molecule has 1 aliphatic heterocycles. The Kier molecular flexibility index (Phi) is 4.91. The Morgan fingerprint density at radius 2 is 2.00 bits per heavy atom. The first-order valence-corrected chi connectivity index (χ1v) is 9.17. The standard InChI is InChI=1S/C21H16Cl2N2O/c22-16-5-7-18(19(23)12-16)20-8-6-17(26-20)11-14-3-2-10-25-21(14)15-4-1-9-24-13-15/h1,4-9,11-13H,2-3,10H2. The smallest absolute Gasteiger partial charge is 0.136 e. The highest BCUT2D eigenvalue weighted by molar-refractivity contribution is 6.36. The SMILES string of the molecule is Clc1ccc(-c2ccc(C=C3CCCN=C3c3cccnc3)o2)c(Cl)c1. The number of pyridine rings is 1. The highest BCUT2D eigenvalue weighted by Crippen LogP contribution is 2.32. The molecule has 0 spiro atoms. The molecule has 0 aliphatic carbocycles. The molecular formula is C21H16Cl2N2O. The van der Waals surface area contributed by atoms with Gasteiger partial charge in [0.15, 0.2) is 0 Å². The average Bonchev–Trinajstić information content (AvgIpc) is 3.11. The molecule has 0 saturated heterocycles. The Morgan fingerprint density at radius 1 is 1.08 bits per heavy atom. The molecule has 0 atom stereocenters. The van der Waals surface area contributed by atoms with Gasteiger partial charge in [-0.05, 0) is 67.0 Å². The maximum atomic E-state index is 6.28. The van der Waals surface area contributed by atoms with Gasteiger partial charge in [-0.2, -0.15) is 0 Å². The highest BCUT2D eigenvalue weighted by Gasteiger charge is 2.15. The highest BCUT2D eigenvalue weighted by atomic mass is 35.5. The molecule has 130 valence electrons. The van der Waals surface area contributed by atoms with Crippen LogP contribution in [0.2, 0.25) is 10.0 Å². The van der Waals surface area contributed by atoms with Gasteiger partial charge in [-0.1, -0.05) is 23.2 Å². The summed E-state index contributed by atoms with van der Waals surface area (Å²) in [6.07, 6.45) is 7.67. The van der Waals surface area contributed by atoms with Crippen LogP contribution in [0.4, 0.5) is 0 Å². The number of aliphatic imine (C=N–C) groups is 1. The third-order valence-corrected chi connectivity index (χ3v) is 4.80. The Labute approximate surface area is 162 Å². The fourth-order valence-corrected chi connectivity index (χ4v) is 3.54. The van der Waals surface area contributed by atoms with Gasteiger partial charge in [0.05, 0.1) is 10.7 Å². The molecule has 0 bridgehead atoms. The van der Waals surface area contributed by atoms with E-state index in [1.54, 1.807) is 18.3 Å². The molecular weight excluding hydrogens is 367 g/mol. The molecule has 4 rings (SSSR count). The summed E-state index contributed by atoms with van der Waals surface area (Å²) in [4.78, 5) is 8.90. The fourth-order valence-electron chi connectivity index (χ4n) is 3.04. The molecule has 1 aromatic carbocycles. The average molecular weight is 383 g/mol. The van der Waals surface area contributed by atoms with E-state index in [4.69, 9.17) is 32.6 Å². The van der Waals surface area contributed by atoms with Crippen molar-refractivity contribution < 1.29 is 4.42 Å². The Balaban J connectivity index is 1.67. The number of aromatic nitrogens is 1. The second kappa shape index (κ2) is 7.48. The summed E-state index contributed by atoms with van der Waals surface area (Å²) < 4.78 is 6.00. The maximum Gasteiger partial charge on any atom is 0.136 e. The van der Waals surface area contributed by atoms with Gasteiger partial charge in [0.2, 0.25) is 0 Å². The first-order valence-electron chi connectivity index (χ1n) is 8.42. The van der Waals surface area contributed by atoms with Crippen molar-refractivity contribution in [2.24, 2.45) is 4.99 Å². The van der Waals surface area contributed by atoms with Crippen molar-refractivity contribution in [2.75, 3.05) is 6.54 Å². The van der Waals surface area contributed by atoms with Crippen molar-refractivity contribution in [3.8, 4) is 11.3 Å². The summed E-state index contributed by atoms with van der Waals surface area (Å²) in [5, 5.41) is 1.17. The van der Waals surface area contributed by atoms with E-state index in [9.17, 15) is 0 Å². The monoisotopic (exact) mass is 382 g/mol. The molecule has 0 radical (unpaired) electrons. The summed E-state index contributed by atoms with van der Waals surface area (Å²) in [6.45, 7) is 0.839. The number of nitrogens with zero attached hydrogens (tertiary/aromatic N) is 2. The minimum absolute atomic E-state index is 0.571. The lowest BCUT2D eigenvalue weighted by atomic mass is 9.96. The van der Waals surface area contributed by atoms with Crippen molar-refractivity contribution in [1.82, 2.24) is 4.98 Å². The van der Waals surface area contributed by atoms with Crippen molar-refractivity contribution in [1.29, 1.82) is 0 Å². The van der Waals surface area contributed by atoms with E-state index in [1.807, 2.05) is 36.5 Å². The lowest BCUT2D eigenvalue weighted by molar-refractivity contribution is 0.571. The van der Waals surface area contributed by atoms with Gasteiger partial charge in [0, 0.05) is 35.1 Å². The van der Waals surface area contributed by atoms with Crippen molar-refractivity contribution in [3.05, 3.63) is 81.8 Å². The zero-order valence-electron chi connectivity index (χ0n) is 14.0. The molecule has 26 heavy (non-hydrogen) atoms. The van der Waals surface area contributed by atoms with Crippen LogP contribution in [-0.2, 0) is 0 Å². The van der Waals surface area contributed by atoms with E-state index in [2.05, 4.69) is 11.1 Å². The van der Waals surface area contributed by atoms with Gasteiger partial charge in [-0.3, -0.25) is 9.98 Å².